The number of hydrogen-bond acceptors (Lipinski definition) is 3. The van der Waals surface area contributed by atoms with E-state index < -0.39 is 6.10 Å². The van der Waals surface area contributed by atoms with Gasteiger partial charge in [-0.05, 0) is 24.0 Å². The molecule has 1 atom stereocenters. The maximum absolute atomic E-state index is 12.1. The minimum absolute atomic E-state index is 0.146. The topological polar surface area (TPSA) is 49.3 Å². The van der Waals surface area contributed by atoms with Crippen molar-refractivity contribution in [2.24, 2.45) is 0 Å². The average molecular weight is 301 g/mol. The number of nitrogens with one attached hydrogen (secondary N) is 1. The van der Waals surface area contributed by atoms with Gasteiger partial charge < -0.3 is 10.4 Å². The van der Waals surface area contributed by atoms with Crippen LogP contribution in [0, 0.1) is 0 Å². The third-order valence-electron chi connectivity index (χ3n) is 3.16. The third-order valence-corrected chi connectivity index (χ3v) is 3.96. The van der Waals surface area contributed by atoms with Crippen LogP contribution in [0.1, 0.15) is 15.9 Å². The van der Waals surface area contributed by atoms with Gasteiger partial charge in [0.2, 0.25) is 0 Å². The van der Waals surface area contributed by atoms with Gasteiger partial charge in [-0.15, -0.1) is 11.8 Å². The third kappa shape index (κ3) is 4.62. The van der Waals surface area contributed by atoms with Crippen LogP contribution >= 0.6 is 11.8 Å². The summed E-state index contributed by atoms with van der Waals surface area (Å²) in [4.78, 5) is 13.1. The Bertz CT molecular complexity index is 586. The molecule has 0 aliphatic carbocycles. The highest BCUT2D eigenvalue weighted by molar-refractivity contribution is 7.98. The van der Waals surface area contributed by atoms with E-state index in [1.54, 1.807) is 6.07 Å². The molecule has 0 spiro atoms. The molecule has 2 aromatic rings. The van der Waals surface area contributed by atoms with Gasteiger partial charge in [-0.3, -0.25) is 4.79 Å². The first-order valence-electron chi connectivity index (χ1n) is 6.84. The lowest BCUT2D eigenvalue weighted by Crippen LogP contribution is -2.33. The first-order chi connectivity index (χ1) is 10.2. The smallest absolute Gasteiger partial charge is 0.252 e. The van der Waals surface area contributed by atoms with Crippen molar-refractivity contribution < 1.29 is 9.90 Å². The summed E-state index contributed by atoms with van der Waals surface area (Å²) in [6.45, 7) is 0.246. The number of hydrogen-bond donors (Lipinski definition) is 2. The summed E-state index contributed by atoms with van der Waals surface area (Å²) in [5, 5.41) is 12.8. The summed E-state index contributed by atoms with van der Waals surface area (Å²) in [5.74, 6) is -0.146. The Morgan fingerprint density at radius 3 is 2.52 bits per heavy atom. The normalized spacial score (nSPS) is 11.9. The standard InChI is InChI=1S/C17H19NO2S/c1-21-16-10-6-5-9-15(16)17(20)18-12-14(19)11-13-7-3-2-4-8-13/h2-10,14,19H,11-12H2,1H3,(H,18,20). The molecule has 0 saturated heterocycles. The highest BCUT2D eigenvalue weighted by Gasteiger charge is 2.12. The van der Waals surface area contributed by atoms with E-state index in [2.05, 4.69) is 5.32 Å². The van der Waals surface area contributed by atoms with Crippen LogP contribution in [0.2, 0.25) is 0 Å². The zero-order valence-corrected chi connectivity index (χ0v) is 12.8. The monoisotopic (exact) mass is 301 g/mol. The van der Waals surface area contributed by atoms with E-state index >= 15 is 0 Å². The van der Waals surface area contributed by atoms with E-state index in [1.165, 1.54) is 11.8 Å². The van der Waals surface area contributed by atoms with Gasteiger partial charge in [0.1, 0.15) is 0 Å². The molecule has 21 heavy (non-hydrogen) atoms. The SMILES string of the molecule is CSc1ccccc1C(=O)NCC(O)Cc1ccccc1. The number of aliphatic hydroxyl groups excluding tert-OH is 1. The van der Waals surface area contributed by atoms with E-state index in [9.17, 15) is 9.90 Å². The van der Waals surface area contributed by atoms with Gasteiger partial charge in [0.15, 0.2) is 0 Å². The van der Waals surface area contributed by atoms with Crippen LogP contribution in [-0.2, 0) is 6.42 Å². The van der Waals surface area contributed by atoms with Gasteiger partial charge >= 0.3 is 0 Å². The fourth-order valence-corrected chi connectivity index (χ4v) is 2.69. The maximum atomic E-state index is 12.1. The number of carbonyl (C=O) groups is 1. The van der Waals surface area contributed by atoms with Crippen LogP contribution in [0.15, 0.2) is 59.5 Å². The fourth-order valence-electron chi connectivity index (χ4n) is 2.10. The Balaban J connectivity index is 1.89. The molecule has 0 fully saturated rings. The molecule has 0 aliphatic heterocycles. The molecule has 3 nitrogen and oxygen atoms in total. The van der Waals surface area contributed by atoms with Gasteiger partial charge in [0, 0.05) is 17.9 Å². The molecule has 4 heteroatoms. The van der Waals surface area contributed by atoms with E-state index in [0.717, 1.165) is 10.5 Å². The predicted octanol–water partition coefficient (Wildman–Crippen LogP) is 2.74. The molecule has 110 valence electrons. The van der Waals surface area contributed by atoms with Crippen molar-refractivity contribution in [2.75, 3.05) is 12.8 Å². The van der Waals surface area contributed by atoms with Gasteiger partial charge in [0.25, 0.3) is 5.91 Å². The molecule has 2 aromatic carbocycles. The number of rotatable bonds is 6. The van der Waals surface area contributed by atoms with Crippen molar-refractivity contribution >= 4 is 17.7 Å². The highest BCUT2D eigenvalue weighted by atomic mass is 32.2. The summed E-state index contributed by atoms with van der Waals surface area (Å²) >= 11 is 1.54. The van der Waals surface area contributed by atoms with Crippen molar-refractivity contribution in [3.05, 3.63) is 65.7 Å². The number of carbonyl (C=O) groups excluding carboxylic acids is 1. The average Bonchev–Trinajstić information content (AvgIpc) is 2.53. The number of benzene rings is 2. The highest BCUT2D eigenvalue weighted by Crippen LogP contribution is 2.19. The summed E-state index contributed by atoms with van der Waals surface area (Å²) in [6.07, 6.45) is 1.89. The molecule has 0 aliphatic rings. The lowest BCUT2D eigenvalue weighted by atomic mass is 10.1. The molecule has 0 radical (unpaired) electrons. The van der Waals surface area contributed by atoms with E-state index in [0.29, 0.717) is 12.0 Å². The molecular weight excluding hydrogens is 282 g/mol. The molecule has 0 aromatic heterocycles. The van der Waals surface area contributed by atoms with Crippen LogP contribution < -0.4 is 5.32 Å². The molecule has 2 N–H and O–H groups in total. The second-order valence-corrected chi connectivity index (χ2v) is 5.60. The van der Waals surface area contributed by atoms with Gasteiger partial charge in [-0.1, -0.05) is 42.5 Å². The first-order valence-corrected chi connectivity index (χ1v) is 8.06. The second kappa shape index (κ2) is 7.86. The molecule has 2 rings (SSSR count). The minimum Gasteiger partial charge on any atom is -0.391 e. The molecule has 0 saturated carbocycles. The van der Waals surface area contributed by atoms with Crippen LogP contribution in [0.4, 0.5) is 0 Å². The van der Waals surface area contributed by atoms with Gasteiger partial charge in [0.05, 0.1) is 11.7 Å². The summed E-state index contributed by atoms with van der Waals surface area (Å²) in [5.41, 5.74) is 1.71. The summed E-state index contributed by atoms with van der Waals surface area (Å²) in [7, 11) is 0. The molecule has 0 heterocycles. The first kappa shape index (κ1) is 15.6. The van der Waals surface area contributed by atoms with Crippen LogP contribution in [0.25, 0.3) is 0 Å². The Morgan fingerprint density at radius 2 is 1.81 bits per heavy atom. The van der Waals surface area contributed by atoms with Crippen molar-refractivity contribution in [1.82, 2.24) is 5.32 Å². The zero-order valence-electron chi connectivity index (χ0n) is 12.0. The Kier molecular flexibility index (Phi) is 5.84. The van der Waals surface area contributed by atoms with Crippen LogP contribution in [-0.4, -0.2) is 29.9 Å². The van der Waals surface area contributed by atoms with Gasteiger partial charge in [-0.2, -0.15) is 0 Å². The summed E-state index contributed by atoms with van der Waals surface area (Å²) in [6, 6.07) is 17.2. The Morgan fingerprint density at radius 1 is 1.14 bits per heavy atom. The zero-order chi connectivity index (χ0) is 15.1. The Hall–Kier alpha value is -1.78. The predicted molar refractivity (Wildman–Crippen MR) is 86.7 cm³/mol. The quantitative estimate of drug-likeness (QED) is 0.807. The lowest BCUT2D eigenvalue weighted by molar-refractivity contribution is 0.0913. The minimum atomic E-state index is -0.585. The van der Waals surface area contributed by atoms with Crippen molar-refractivity contribution in [2.45, 2.75) is 17.4 Å². The van der Waals surface area contributed by atoms with Crippen LogP contribution in [0.5, 0.6) is 0 Å². The molecule has 0 bridgehead atoms. The molecule has 1 unspecified atom stereocenters. The number of aliphatic hydroxyl groups is 1. The van der Waals surface area contributed by atoms with E-state index in [1.807, 2.05) is 54.8 Å². The lowest BCUT2D eigenvalue weighted by Gasteiger charge is -2.13. The molecular formula is C17H19NO2S. The van der Waals surface area contributed by atoms with E-state index in [4.69, 9.17) is 0 Å². The van der Waals surface area contributed by atoms with Crippen molar-refractivity contribution in [1.29, 1.82) is 0 Å². The van der Waals surface area contributed by atoms with Crippen LogP contribution in [0.3, 0.4) is 0 Å². The van der Waals surface area contributed by atoms with Crippen molar-refractivity contribution in [3.63, 3.8) is 0 Å². The van der Waals surface area contributed by atoms with Crippen molar-refractivity contribution in [3.8, 4) is 0 Å². The number of thioether (sulfide) groups is 1. The fraction of sp³-hybridized carbons (Fsp3) is 0.235. The summed E-state index contributed by atoms with van der Waals surface area (Å²) < 4.78 is 0. The Labute approximate surface area is 129 Å². The second-order valence-electron chi connectivity index (χ2n) is 4.75. The maximum Gasteiger partial charge on any atom is 0.252 e. The number of amides is 1. The van der Waals surface area contributed by atoms with E-state index in [-0.39, 0.29) is 12.5 Å². The van der Waals surface area contributed by atoms with Gasteiger partial charge in [-0.25, -0.2) is 0 Å². The largest absolute Gasteiger partial charge is 0.391 e. The molecule has 1 amide bonds.